The smallest absolute Gasteiger partial charge is 0.186 e. The van der Waals surface area contributed by atoms with E-state index in [2.05, 4.69) is 10.6 Å². The van der Waals surface area contributed by atoms with E-state index in [1.165, 1.54) is 0 Å². The van der Waals surface area contributed by atoms with Gasteiger partial charge >= 0.3 is 0 Å². The van der Waals surface area contributed by atoms with E-state index in [4.69, 9.17) is 36.1 Å². The molecule has 38 heavy (non-hydrogen) atoms. The Morgan fingerprint density at radius 3 is 2.18 bits per heavy atom. The highest BCUT2D eigenvalue weighted by atomic mass is 16.7. The number of aliphatic hydroxyl groups is 6. The van der Waals surface area contributed by atoms with Crippen molar-refractivity contribution < 1.29 is 49.6 Å². The molecule has 15 nitrogen and oxygen atoms in total. The van der Waals surface area contributed by atoms with E-state index in [0.717, 1.165) is 13.0 Å². The molecule has 3 aliphatic rings. The summed E-state index contributed by atoms with van der Waals surface area (Å²) in [5, 5.41) is 67.3. The molecule has 1 saturated carbocycles. The first kappa shape index (κ1) is 31.9. The lowest BCUT2D eigenvalue weighted by atomic mass is 9.83. The lowest BCUT2D eigenvalue weighted by molar-refractivity contribution is -0.314. The monoisotopic (exact) mass is 553 g/mol. The van der Waals surface area contributed by atoms with Crippen LogP contribution in [0.4, 0.5) is 0 Å². The molecule has 13 atom stereocenters. The maximum Gasteiger partial charge on any atom is 0.186 e. The molecule has 2 saturated heterocycles. The van der Waals surface area contributed by atoms with Crippen molar-refractivity contribution in [1.29, 1.82) is 0 Å². The quantitative estimate of drug-likeness (QED) is 0.108. The molecule has 2 aliphatic heterocycles. The van der Waals surface area contributed by atoms with Gasteiger partial charge in [0.2, 0.25) is 0 Å². The fourth-order valence-electron chi connectivity index (χ4n) is 5.22. The molecule has 0 radical (unpaired) electrons. The van der Waals surface area contributed by atoms with Crippen LogP contribution in [0.3, 0.4) is 0 Å². The summed E-state index contributed by atoms with van der Waals surface area (Å²) in [7, 11) is 0. The lowest BCUT2D eigenvalue weighted by Crippen LogP contribution is -2.69. The fourth-order valence-corrected chi connectivity index (χ4v) is 5.22. The topological polar surface area (TPSA) is 260 Å². The van der Waals surface area contributed by atoms with Gasteiger partial charge in [0.15, 0.2) is 12.6 Å². The van der Waals surface area contributed by atoms with E-state index in [1.54, 1.807) is 0 Å². The number of nitrogens with two attached hydrogens (primary N) is 3. The summed E-state index contributed by atoms with van der Waals surface area (Å²) in [5.41, 5.74) is 18.6. The average molecular weight is 554 g/mol. The van der Waals surface area contributed by atoms with Gasteiger partial charge in [-0.3, -0.25) is 0 Å². The summed E-state index contributed by atoms with van der Waals surface area (Å²) < 4.78 is 23.8. The van der Waals surface area contributed by atoms with Gasteiger partial charge in [-0.15, -0.1) is 0 Å². The minimum absolute atomic E-state index is 0.123. The Bertz CT molecular complexity index is 693. The normalized spacial score (nSPS) is 44.4. The number of likely N-dealkylation sites (N-methyl/N-ethyl adjacent to an activating group) is 1. The maximum absolute atomic E-state index is 11.4. The van der Waals surface area contributed by atoms with Crippen LogP contribution in [0.5, 0.6) is 0 Å². The number of nitrogens with one attached hydrogen (secondary N) is 2. The van der Waals surface area contributed by atoms with Crippen LogP contribution in [0.1, 0.15) is 26.2 Å². The molecule has 0 aromatic carbocycles. The van der Waals surface area contributed by atoms with Gasteiger partial charge in [-0.05, 0) is 25.8 Å². The fraction of sp³-hybridized carbons (Fsp3) is 1.00. The van der Waals surface area contributed by atoms with Crippen LogP contribution in [-0.4, -0.2) is 149 Å². The molecule has 14 N–H and O–H groups in total. The summed E-state index contributed by atoms with van der Waals surface area (Å²) in [4.78, 5) is 0. The second-order valence-electron chi connectivity index (χ2n) is 10.4. The van der Waals surface area contributed by atoms with Gasteiger partial charge < -0.3 is 77.4 Å². The van der Waals surface area contributed by atoms with Gasteiger partial charge in [0, 0.05) is 18.6 Å². The number of rotatable bonds is 12. The van der Waals surface area contributed by atoms with Crippen LogP contribution < -0.4 is 27.8 Å². The molecule has 1 aliphatic carbocycles. The molecule has 0 amide bonds. The van der Waals surface area contributed by atoms with Gasteiger partial charge in [0.25, 0.3) is 0 Å². The molecule has 1 unspecified atom stereocenters. The van der Waals surface area contributed by atoms with Crippen molar-refractivity contribution in [2.24, 2.45) is 17.2 Å². The SMILES string of the molecule is CCNC[C@@H]1CC[C@@H](N)[C@@H](OC2[C@@H](N)C[C@@H](NC(CO)CO)[C@H](O[C@H]3O[C@H](CO)[C@@H](O)[C@H](N)[C@H]3O)[C@H]2O)O1. The first-order chi connectivity index (χ1) is 18.1. The number of ether oxygens (including phenoxy) is 4. The Hall–Kier alpha value is -0.600. The van der Waals surface area contributed by atoms with Gasteiger partial charge in [0.05, 0.1) is 44.1 Å². The number of hydrogen-bond acceptors (Lipinski definition) is 15. The minimum Gasteiger partial charge on any atom is -0.395 e. The number of aliphatic hydroxyl groups excluding tert-OH is 6. The third-order valence-electron chi connectivity index (χ3n) is 7.55. The second kappa shape index (κ2) is 14.9. The molecule has 0 aromatic rings. The van der Waals surface area contributed by atoms with E-state index in [0.29, 0.717) is 13.0 Å². The Kier molecular flexibility index (Phi) is 12.5. The molecule has 15 heteroatoms. The van der Waals surface area contributed by atoms with Gasteiger partial charge in [-0.25, -0.2) is 0 Å². The van der Waals surface area contributed by atoms with E-state index in [1.807, 2.05) is 6.92 Å². The van der Waals surface area contributed by atoms with Crippen molar-refractivity contribution in [3.8, 4) is 0 Å². The molecular weight excluding hydrogens is 506 g/mol. The Labute approximate surface area is 222 Å². The standard InChI is InChI=1S/C23H47N5O10/c1-2-27-6-11-3-4-12(24)22(35-11)37-20-13(25)5-14(28-10(7-29)8-30)21(19(20)34)38-23-18(33)16(26)17(32)15(9-31)36-23/h10-23,27-34H,2-9,24-26H2,1H3/t11-,12+,13-,14+,15+,16-,17+,18+,19-,20?,21-,22+,23+/m0/s1. The van der Waals surface area contributed by atoms with Crippen LogP contribution in [0.2, 0.25) is 0 Å². The van der Waals surface area contributed by atoms with Crippen molar-refractivity contribution in [2.45, 2.75) is 112 Å². The van der Waals surface area contributed by atoms with Crippen LogP contribution in [0.25, 0.3) is 0 Å². The minimum atomic E-state index is -1.48. The van der Waals surface area contributed by atoms with Crippen molar-refractivity contribution in [3.63, 3.8) is 0 Å². The summed E-state index contributed by atoms with van der Waals surface area (Å²) >= 11 is 0. The molecule has 2 heterocycles. The predicted octanol–water partition coefficient (Wildman–Crippen LogP) is -5.63. The third kappa shape index (κ3) is 7.57. The summed E-state index contributed by atoms with van der Waals surface area (Å²) in [6.45, 7) is 2.04. The van der Waals surface area contributed by atoms with Crippen molar-refractivity contribution in [1.82, 2.24) is 10.6 Å². The zero-order valence-corrected chi connectivity index (χ0v) is 21.8. The lowest BCUT2D eigenvalue weighted by Gasteiger charge is -2.49. The average Bonchev–Trinajstić information content (AvgIpc) is 2.91. The predicted molar refractivity (Wildman–Crippen MR) is 133 cm³/mol. The van der Waals surface area contributed by atoms with Crippen molar-refractivity contribution in [3.05, 3.63) is 0 Å². The molecule has 0 aromatic heterocycles. The van der Waals surface area contributed by atoms with Crippen molar-refractivity contribution >= 4 is 0 Å². The van der Waals surface area contributed by atoms with Crippen molar-refractivity contribution in [2.75, 3.05) is 32.9 Å². The Morgan fingerprint density at radius 1 is 0.868 bits per heavy atom. The molecule has 3 fully saturated rings. The highest BCUT2D eigenvalue weighted by Crippen LogP contribution is 2.31. The zero-order valence-electron chi connectivity index (χ0n) is 21.8. The number of hydrogen-bond donors (Lipinski definition) is 11. The summed E-state index contributed by atoms with van der Waals surface area (Å²) in [6.07, 6.45) is -8.20. The summed E-state index contributed by atoms with van der Waals surface area (Å²) in [6, 6.07) is -3.78. The third-order valence-corrected chi connectivity index (χ3v) is 7.55. The van der Waals surface area contributed by atoms with Gasteiger partial charge in [-0.1, -0.05) is 6.92 Å². The zero-order chi connectivity index (χ0) is 28.0. The highest BCUT2D eigenvalue weighted by molar-refractivity contribution is 5.02. The van der Waals surface area contributed by atoms with Crippen LogP contribution in [0.15, 0.2) is 0 Å². The van der Waals surface area contributed by atoms with E-state index >= 15 is 0 Å². The first-order valence-corrected chi connectivity index (χ1v) is 13.4. The maximum atomic E-state index is 11.4. The van der Waals surface area contributed by atoms with E-state index in [9.17, 15) is 30.6 Å². The highest BCUT2D eigenvalue weighted by Gasteiger charge is 2.50. The first-order valence-electron chi connectivity index (χ1n) is 13.4. The molecular formula is C23H47N5O10. The van der Waals surface area contributed by atoms with Crippen LogP contribution in [-0.2, 0) is 18.9 Å². The molecule has 224 valence electrons. The van der Waals surface area contributed by atoms with Crippen LogP contribution >= 0.6 is 0 Å². The Balaban J connectivity index is 1.79. The Morgan fingerprint density at radius 2 is 1.55 bits per heavy atom. The summed E-state index contributed by atoms with van der Waals surface area (Å²) in [5.74, 6) is 0. The van der Waals surface area contributed by atoms with Crippen LogP contribution in [0, 0.1) is 0 Å². The molecule has 0 spiro atoms. The largest absolute Gasteiger partial charge is 0.395 e. The van der Waals surface area contributed by atoms with E-state index < -0.39 is 99.2 Å². The van der Waals surface area contributed by atoms with Gasteiger partial charge in [0.1, 0.15) is 36.6 Å². The van der Waals surface area contributed by atoms with Gasteiger partial charge in [-0.2, -0.15) is 0 Å². The van der Waals surface area contributed by atoms with E-state index in [-0.39, 0.29) is 12.5 Å². The molecule has 0 bridgehead atoms. The second-order valence-corrected chi connectivity index (χ2v) is 10.4. The molecule has 3 rings (SSSR count).